The molecule has 0 heterocycles. The van der Waals surface area contributed by atoms with E-state index < -0.39 is 0 Å². The molecule has 1 aliphatic carbocycles. The Morgan fingerprint density at radius 3 is 1.85 bits per heavy atom. The normalized spacial score (nSPS) is 28.3. The van der Waals surface area contributed by atoms with Crippen LogP contribution in [0.25, 0.3) is 0 Å². The molecule has 0 aliphatic heterocycles. The fraction of sp³-hybridized carbons (Fsp3) is 0.917. The third kappa shape index (κ3) is 2.32. The van der Waals surface area contributed by atoms with E-state index in [2.05, 4.69) is 27.7 Å². The fourth-order valence-electron chi connectivity index (χ4n) is 1.81. The van der Waals surface area contributed by atoms with Gasteiger partial charge < -0.3 is 0 Å². The number of carbonyl (C=O) groups is 1. The topological polar surface area (TPSA) is 17.1 Å². The monoisotopic (exact) mass is 184 g/mol. The van der Waals surface area contributed by atoms with Crippen LogP contribution in [0.4, 0.5) is 0 Å². The Kier molecular flexibility index (Phi) is 4.15. The number of hydrogen-bond acceptors (Lipinski definition) is 1. The van der Waals surface area contributed by atoms with Gasteiger partial charge in [-0.15, -0.1) is 0 Å². The standard InChI is InChI=1S/C10H18O.C2H6/c1-9(2,3)10(4)7-5-6-8(10)11;1-2/h5-7H2,1-4H3;1-2H3. The van der Waals surface area contributed by atoms with Crippen LogP contribution in [0.2, 0.25) is 0 Å². The summed E-state index contributed by atoms with van der Waals surface area (Å²) in [4.78, 5) is 11.5. The van der Waals surface area contributed by atoms with Gasteiger partial charge in [-0.05, 0) is 18.3 Å². The van der Waals surface area contributed by atoms with Crippen LogP contribution in [0.3, 0.4) is 0 Å². The van der Waals surface area contributed by atoms with Crippen LogP contribution >= 0.6 is 0 Å². The van der Waals surface area contributed by atoms with E-state index in [0.717, 1.165) is 19.3 Å². The van der Waals surface area contributed by atoms with Gasteiger partial charge in [-0.1, -0.05) is 41.5 Å². The molecule has 1 rings (SSSR count). The SMILES string of the molecule is CC.CC(C)(C)C1(C)CCCC1=O. The smallest absolute Gasteiger partial charge is 0.139 e. The summed E-state index contributed by atoms with van der Waals surface area (Å²) in [6.07, 6.45) is 2.97. The number of hydrogen-bond donors (Lipinski definition) is 0. The highest BCUT2D eigenvalue weighted by molar-refractivity contribution is 5.87. The molecule has 0 aromatic heterocycles. The summed E-state index contributed by atoms with van der Waals surface area (Å²) in [5.41, 5.74) is 0.0909. The quantitative estimate of drug-likeness (QED) is 0.559. The predicted molar refractivity (Wildman–Crippen MR) is 57.8 cm³/mol. The van der Waals surface area contributed by atoms with Crippen LogP contribution in [0.1, 0.15) is 60.8 Å². The molecule has 0 radical (unpaired) electrons. The first-order chi connectivity index (χ1) is 5.88. The lowest BCUT2D eigenvalue weighted by Gasteiger charge is -2.36. The number of ketones is 1. The maximum Gasteiger partial charge on any atom is 0.139 e. The minimum atomic E-state index is -0.0486. The molecule has 0 bridgehead atoms. The van der Waals surface area contributed by atoms with Crippen LogP contribution in [0, 0.1) is 10.8 Å². The van der Waals surface area contributed by atoms with Crippen molar-refractivity contribution in [3.63, 3.8) is 0 Å². The Bertz CT molecular complexity index is 176. The summed E-state index contributed by atoms with van der Waals surface area (Å²) < 4.78 is 0. The van der Waals surface area contributed by atoms with Crippen LogP contribution < -0.4 is 0 Å². The van der Waals surface area contributed by atoms with Gasteiger partial charge in [0.1, 0.15) is 5.78 Å². The molecule has 0 saturated heterocycles. The van der Waals surface area contributed by atoms with Crippen molar-refractivity contribution in [1.29, 1.82) is 0 Å². The molecule has 13 heavy (non-hydrogen) atoms. The zero-order valence-corrected chi connectivity index (χ0v) is 10.0. The highest BCUT2D eigenvalue weighted by Gasteiger charge is 2.46. The Balaban J connectivity index is 0.000000671. The van der Waals surface area contributed by atoms with Crippen LogP contribution in [-0.2, 0) is 4.79 Å². The maximum absolute atomic E-state index is 11.5. The van der Waals surface area contributed by atoms with Crippen molar-refractivity contribution in [2.24, 2.45) is 10.8 Å². The number of Topliss-reactive ketones (excluding diaryl/α,β-unsaturated/α-hetero) is 1. The summed E-state index contributed by atoms with van der Waals surface area (Å²) in [6, 6.07) is 0. The molecule has 78 valence electrons. The zero-order chi connectivity index (χ0) is 10.7. The fourth-order valence-corrected chi connectivity index (χ4v) is 1.81. The third-order valence-electron chi connectivity index (χ3n) is 3.35. The second-order valence-electron chi connectivity index (χ2n) is 4.86. The van der Waals surface area contributed by atoms with Crippen molar-refractivity contribution in [3.05, 3.63) is 0 Å². The lowest BCUT2D eigenvalue weighted by atomic mass is 9.66. The number of carbonyl (C=O) groups excluding carboxylic acids is 1. The molecule has 1 unspecified atom stereocenters. The second kappa shape index (κ2) is 4.26. The van der Waals surface area contributed by atoms with Crippen molar-refractivity contribution < 1.29 is 4.79 Å². The summed E-state index contributed by atoms with van der Waals surface area (Å²) in [5.74, 6) is 0.463. The van der Waals surface area contributed by atoms with Gasteiger partial charge in [0, 0.05) is 11.8 Å². The highest BCUT2D eigenvalue weighted by Crippen LogP contribution is 2.47. The average molecular weight is 184 g/mol. The van der Waals surface area contributed by atoms with Crippen molar-refractivity contribution in [2.45, 2.75) is 60.8 Å². The molecule has 1 nitrogen and oxygen atoms in total. The minimum Gasteiger partial charge on any atom is -0.299 e. The van der Waals surface area contributed by atoms with E-state index in [1.54, 1.807) is 0 Å². The first-order valence-corrected chi connectivity index (χ1v) is 5.41. The van der Waals surface area contributed by atoms with Gasteiger partial charge in [0.2, 0.25) is 0 Å². The van der Waals surface area contributed by atoms with Crippen LogP contribution in [0.5, 0.6) is 0 Å². The van der Waals surface area contributed by atoms with Crippen LogP contribution in [-0.4, -0.2) is 5.78 Å². The van der Waals surface area contributed by atoms with Crippen LogP contribution in [0.15, 0.2) is 0 Å². The Morgan fingerprint density at radius 2 is 1.69 bits per heavy atom. The molecule has 0 spiro atoms. The second-order valence-corrected chi connectivity index (χ2v) is 4.86. The van der Waals surface area contributed by atoms with Gasteiger partial charge in [-0.3, -0.25) is 4.79 Å². The van der Waals surface area contributed by atoms with Crippen molar-refractivity contribution in [3.8, 4) is 0 Å². The molecule has 0 aromatic carbocycles. The Labute approximate surface area is 82.9 Å². The van der Waals surface area contributed by atoms with Gasteiger partial charge >= 0.3 is 0 Å². The molecule has 0 amide bonds. The van der Waals surface area contributed by atoms with E-state index in [0.29, 0.717) is 5.78 Å². The van der Waals surface area contributed by atoms with Gasteiger partial charge in [0.25, 0.3) is 0 Å². The van der Waals surface area contributed by atoms with E-state index in [1.165, 1.54) is 0 Å². The predicted octanol–water partition coefficient (Wildman–Crippen LogP) is 3.82. The average Bonchev–Trinajstić information content (AvgIpc) is 2.36. The lowest BCUT2D eigenvalue weighted by molar-refractivity contribution is -0.130. The van der Waals surface area contributed by atoms with Gasteiger partial charge in [-0.2, -0.15) is 0 Å². The largest absolute Gasteiger partial charge is 0.299 e. The summed E-state index contributed by atoms with van der Waals surface area (Å²) in [6.45, 7) is 12.6. The molecule has 1 fully saturated rings. The molecule has 1 aliphatic rings. The lowest BCUT2D eigenvalue weighted by Crippen LogP contribution is -2.36. The van der Waals surface area contributed by atoms with E-state index in [4.69, 9.17) is 0 Å². The first kappa shape index (κ1) is 12.7. The van der Waals surface area contributed by atoms with E-state index in [9.17, 15) is 4.79 Å². The highest BCUT2D eigenvalue weighted by atomic mass is 16.1. The number of rotatable bonds is 0. The van der Waals surface area contributed by atoms with E-state index in [-0.39, 0.29) is 10.8 Å². The zero-order valence-electron chi connectivity index (χ0n) is 10.0. The third-order valence-corrected chi connectivity index (χ3v) is 3.35. The van der Waals surface area contributed by atoms with Crippen molar-refractivity contribution >= 4 is 5.78 Å². The molecular formula is C12H24O. The van der Waals surface area contributed by atoms with Crippen molar-refractivity contribution in [1.82, 2.24) is 0 Å². The van der Waals surface area contributed by atoms with Crippen molar-refractivity contribution in [2.75, 3.05) is 0 Å². The molecule has 1 heteroatoms. The molecule has 1 saturated carbocycles. The van der Waals surface area contributed by atoms with E-state index in [1.807, 2.05) is 13.8 Å². The van der Waals surface area contributed by atoms with Gasteiger partial charge in [-0.25, -0.2) is 0 Å². The Hall–Kier alpha value is -0.330. The summed E-state index contributed by atoms with van der Waals surface area (Å²) in [5, 5.41) is 0. The minimum absolute atomic E-state index is 0.0486. The van der Waals surface area contributed by atoms with E-state index >= 15 is 0 Å². The first-order valence-electron chi connectivity index (χ1n) is 5.41. The maximum atomic E-state index is 11.5. The summed E-state index contributed by atoms with van der Waals surface area (Å²) in [7, 11) is 0. The molecular weight excluding hydrogens is 160 g/mol. The van der Waals surface area contributed by atoms with Gasteiger partial charge in [0.05, 0.1) is 0 Å². The summed E-state index contributed by atoms with van der Waals surface area (Å²) >= 11 is 0. The molecule has 0 N–H and O–H groups in total. The Morgan fingerprint density at radius 1 is 1.23 bits per heavy atom. The van der Waals surface area contributed by atoms with Gasteiger partial charge in [0.15, 0.2) is 0 Å². The molecule has 1 atom stereocenters. The molecule has 0 aromatic rings.